The Morgan fingerprint density at radius 3 is 2.85 bits per heavy atom. The zero-order valence-corrected chi connectivity index (χ0v) is 16.0. The van der Waals surface area contributed by atoms with Crippen molar-refractivity contribution in [3.05, 3.63) is 45.2 Å². The minimum absolute atomic E-state index is 0.243. The van der Waals surface area contributed by atoms with Crippen LogP contribution in [0.1, 0.15) is 23.2 Å². The van der Waals surface area contributed by atoms with E-state index in [9.17, 15) is 4.79 Å². The number of nitrogens with zero attached hydrogens (tertiary/aromatic N) is 2. The minimum atomic E-state index is -0.243. The van der Waals surface area contributed by atoms with Crippen LogP contribution in [0, 0.1) is 6.92 Å². The van der Waals surface area contributed by atoms with Gasteiger partial charge in [0.05, 0.1) is 23.9 Å². The fourth-order valence-corrected chi connectivity index (χ4v) is 3.15. The van der Waals surface area contributed by atoms with Gasteiger partial charge in [0.25, 0.3) is 0 Å². The van der Waals surface area contributed by atoms with E-state index in [4.69, 9.17) is 32.7 Å². The summed E-state index contributed by atoms with van der Waals surface area (Å²) in [4.78, 5) is 12.1. The van der Waals surface area contributed by atoms with E-state index in [-0.39, 0.29) is 5.91 Å². The molecule has 8 heteroatoms. The molecule has 0 fully saturated rings. The van der Waals surface area contributed by atoms with E-state index < -0.39 is 0 Å². The number of carbonyl (C=O) groups is 1. The van der Waals surface area contributed by atoms with Gasteiger partial charge in [0, 0.05) is 31.7 Å². The van der Waals surface area contributed by atoms with Gasteiger partial charge in [-0.3, -0.25) is 9.48 Å². The molecule has 0 unspecified atom stereocenters. The quantitative estimate of drug-likeness (QED) is 0.804. The first-order valence-electron chi connectivity index (χ1n) is 8.18. The Morgan fingerprint density at radius 2 is 2.12 bits per heavy atom. The molecule has 0 aliphatic carbocycles. The lowest BCUT2D eigenvalue weighted by Gasteiger charge is -2.11. The molecule has 2 aromatic rings. The summed E-state index contributed by atoms with van der Waals surface area (Å²) in [6.07, 6.45) is 3.89. The van der Waals surface area contributed by atoms with Crippen LogP contribution in [0.4, 0.5) is 0 Å². The topological polar surface area (TPSA) is 65.4 Å². The number of aryl methyl sites for hydroxylation is 2. The second-order valence-electron chi connectivity index (χ2n) is 5.92. The van der Waals surface area contributed by atoms with E-state index >= 15 is 0 Å². The van der Waals surface area contributed by atoms with Crippen molar-refractivity contribution >= 4 is 35.2 Å². The van der Waals surface area contributed by atoms with E-state index in [1.807, 2.05) is 13.0 Å². The second kappa shape index (κ2) is 8.01. The van der Waals surface area contributed by atoms with E-state index in [0.717, 1.165) is 23.2 Å². The maximum absolute atomic E-state index is 12.1. The first-order valence-corrected chi connectivity index (χ1v) is 8.94. The van der Waals surface area contributed by atoms with Crippen molar-refractivity contribution in [3.8, 4) is 11.5 Å². The Hall–Kier alpha value is -2.18. The van der Waals surface area contributed by atoms with Crippen molar-refractivity contribution in [2.75, 3.05) is 13.2 Å². The van der Waals surface area contributed by atoms with E-state index in [1.165, 1.54) is 6.08 Å². The van der Waals surface area contributed by atoms with Gasteiger partial charge in [0.15, 0.2) is 11.5 Å². The van der Waals surface area contributed by atoms with E-state index in [1.54, 1.807) is 23.9 Å². The van der Waals surface area contributed by atoms with Crippen LogP contribution in [0.2, 0.25) is 10.2 Å². The zero-order valence-electron chi connectivity index (χ0n) is 14.5. The van der Waals surface area contributed by atoms with E-state index in [0.29, 0.717) is 41.4 Å². The molecule has 26 heavy (non-hydrogen) atoms. The molecule has 0 bridgehead atoms. The number of aromatic nitrogens is 2. The van der Waals surface area contributed by atoms with Crippen LogP contribution in [0.5, 0.6) is 11.5 Å². The van der Waals surface area contributed by atoms with Crippen molar-refractivity contribution in [2.24, 2.45) is 7.05 Å². The third kappa shape index (κ3) is 4.14. The van der Waals surface area contributed by atoms with Crippen LogP contribution in [0.15, 0.2) is 18.2 Å². The summed E-state index contributed by atoms with van der Waals surface area (Å²) in [5.74, 6) is 0.918. The van der Waals surface area contributed by atoms with Crippen LogP contribution in [0.3, 0.4) is 0 Å². The van der Waals surface area contributed by atoms with Crippen molar-refractivity contribution in [1.29, 1.82) is 0 Å². The molecule has 2 heterocycles. The van der Waals surface area contributed by atoms with Crippen molar-refractivity contribution < 1.29 is 14.3 Å². The molecule has 6 nitrogen and oxygen atoms in total. The van der Waals surface area contributed by atoms with Gasteiger partial charge in [-0.25, -0.2) is 0 Å². The Balaban J connectivity index is 1.65. The van der Waals surface area contributed by atoms with Gasteiger partial charge < -0.3 is 14.8 Å². The van der Waals surface area contributed by atoms with Crippen LogP contribution in [0.25, 0.3) is 6.08 Å². The van der Waals surface area contributed by atoms with Crippen LogP contribution in [-0.2, 0) is 18.4 Å². The fourth-order valence-electron chi connectivity index (χ4n) is 2.63. The average molecular weight is 396 g/mol. The average Bonchev–Trinajstić information content (AvgIpc) is 2.79. The van der Waals surface area contributed by atoms with Gasteiger partial charge in [-0.05, 0) is 30.7 Å². The monoisotopic (exact) mass is 395 g/mol. The molecule has 0 atom stereocenters. The smallest absolute Gasteiger partial charge is 0.244 e. The molecule has 0 saturated heterocycles. The summed E-state index contributed by atoms with van der Waals surface area (Å²) < 4.78 is 12.8. The number of benzene rings is 1. The molecule has 1 aliphatic rings. The van der Waals surface area contributed by atoms with E-state index in [2.05, 4.69) is 10.4 Å². The fraction of sp³-hybridized carbons (Fsp3) is 0.333. The van der Waals surface area contributed by atoms with Gasteiger partial charge in [-0.2, -0.15) is 5.10 Å². The highest BCUT2D eigenvalue weighted by Gasteiger charge is 2.15. The summed E-state index contributed by atoms with van der Waals surface area (Å²) >= 11 is 12.4. The Bertz CT molecular complexity index is 862. The number of carbonyl (C=O) groups excluding carboxylic acids is 1. The predicted molar refractivity (Wildman–Crippen MR) is 101 cm³/mol. The van der Waals surface area contributed by atoms with Crippen LogP contribution >= 0.6 is 23.2 Å². The Morgan fingerprint density at radius 1 is 1.35 bits per heavy atom. The number of nitrogens with one attached hydrogen (secondary N) is 1. The molecule has 0 saturated carbocycles. The molecule has 138 valence electrons. The number of rotatable bonds is 4. The largest absolute Gasteiger partial charge is 0.489 e. The van der Waals surface area contributed by atoms with Crippen molar-refractivity contribution in [3.63, 3.8) is 0 Å². The molecule has 0 spiro atoms. The SMILES string of the molecule is Cc1nn(C)c(Cl)c1/C=C/C(=O)NCc1cc(Cl)c2c(c1)OCCCO2. The van der Waals surface area contributed by atoms with Gasteiger partial charge in [0.2, 0.25) is 5.91 Å². The number of hydrogen-bond acceptors (Lipinski definition) is 4. The number of ether oxygens (including phenoxy) is 2. The summed E-state index contributed by atoms with van der Waals surface area (Å²) in [5, 5.41) is 7.98. The van der Waals surface area contributed by atoms with Crippen LogP contribution < -0.4 is 14.8 Å². The lowest BCUT2D eigenvalue weighted by atomic mass is 10.2. The molecule has 1 aromatic heterocycles. The van der Waals surface area contributed by atoms with Gasteiger partial charge in [-0.15, -0.1) is 0 Å². The first kappa shape index (κ1) is 18.6. The lowest BCUT2D eigenvalue weighted by Crippen LogP contribution is -2.20. The lowest BCUT2D eigenvalue weighted by molar-refractivity contribution is -0.116. The first-order chi connectivity index (χ1) is 12.5. The normalized spacial score (nSPS) is 13.7. The number of hydrogen-bond donors (Lipinski definition) is 1. The van der Waals surface area contributed by atoms with Crippen molar-refractivity contribution in [1.82, 2.24) is 15.1 Å². The second-order valence-corrected chi connectivity index (χ2v) is 6.69. The van der Waals surface area contributed by atoms with Gasteiger partial charge >= 0.3 is 0 Å². The Labute approximate surface area is 161 Å². The highest BCUT2D eigenvalue weighted by atomic mass is 35.5. The van der Waals surface area contributed by atoms with Gasteiger partial charge in [0.1, 0.15) is 5.15 Å². The molecular formula is C18H19Cl2N3O3. The molecule has 1 aliphatic heterocycles. The van der Waals surface area contributed by atoms with Crippen LogP contribution in [-0.4, -0.2) is 28.9 Å². The molecule has 1 aromatic carbocycles. The number of fused-ring (bicyclic) bond motifs is 1. The molecule has 0 radical (unpaired) electrons. The molecular weight excluding hydrogens is 377 g/mol. The van der Waals surface area contributed by atoms with Crippen molar-refractivity contribution in [2.45, 2.75) is 19.9 Å². The Kier molecular flexibility index (Phi) is 5.74. The highest BCUT2D eigenvalue weighted by Crippen LogP contribution is 2.37. The summed E-state index contributed by atoms with van der Waals surface area (Å²) in [6.45, 7) is 3.31. The summed E-state index contributed by atoms with van der Waals surface area (Å²) in [7, 11) is 1.75. The zero-order chi connectivity index (χ0) is 18.7. The summed E-state index contributed by atoms with van der Waals surface area (Å²) in [6, 6.07) is 3.60. The van der Waals surface area contributed by atoms with Gasteiger partial charge in [-0.1, -0.05) is 23.2 Å². The molecule has 1 amide bonds. The minimum Gasteiger partial charge on any atom is -0.489 e. The standard InChI is InChI=1S/C18H19Cl2N3O3/c1-11-13(18(20)23(2)22-11)4-5-16(24)21-10-12-8-14(19)17-15(9-12)25-6-3-7-26-17/h4-5,8-9H,3,6-7,10H2,1-2H3,(H,21,24)/b5-4+. The predicted octanol–water partition coefficient (Wildman–Crippen LogP) is 3.53. The third-order valence-corrected chi connectivity index (χ3v) is 4.66. The number of amides is 1. The molecule has 3 rings (SSSR count). The maximum Gasteiger partial charge on any atom is 0.244 e. The summed E-state index contributed by atoms with van der Waals surface area (Å²) in [5.41, 5.74) is 2.32. The molecule has 1 N–H and O–H groups in total. The number of halogens is 2. The maximum atomic E-state index is 12.1. The highest BCUT2D eigenvalue weighted by molar-refractivity contribution is 6.32. The third-order valence-electron chi connectivity index (χ3n) is 3.93.